The Morgan fingerprint density at radius 3 is 2.77 bits per heavy atom. The topological polar surface area (TPSA) is 38.3 Å². The zero-order chi connectivity index (χ0) is 15.9. The third kappa shape index (κ3) is 5.08. The molecule has 22 heavy (non-hydrogen) atoms. The summed E-state index contributed by atoms with van der Waals surface area (Å²) in [6.07, 6.45) is 0.327. The van der Waals surface area contributed by atoms with Crippen LogP contribution in [0.5, 0.6) is 5.75 Å². The molecule has 0 aliphatic carbocycles. The van der Waals surface area contributed by atoms with E-state index in [0.29, 0.717) is 24.6 Å². The zero-order valence-corrected chi connectivity index (χ0v) is 13.6. The van der Waals surface area contributed by atoms with E-state index in [2.05, 4.69) is 5.32 Å². The molecule has 0 heterocycles. The lowest BCUT2D eigenvalue weighted by atomic mass is 10.1. The van der Waals surface area contributed by atoms with E-state index >= 15 is 0 Å². The van der Waals surface area contributed by atoms with Gasteiger partial charge in [0, 0.05) is 11.6 Å². The molecule has 2 aromatic rings. The van der Waals surface area contributed by atoms with Gasteiger partial charge in [-0.2, -0.15) is 0 Å². The second-order valence-electron chi connectivity index (χ2n) is 5.27. The first-order valence-electron chi connectivity index (χ1n) is 7.26. The van der Waals surface area contributed by atoms with Gasteiger partial charge in [0.15, 0.2) is 0 Å². The lowest BCUT2D eigenvalue weighted by Gasteiger charge is -2.10. The molecule has 0 unspecified atom stereocenters. The van der Waals surface area contributed by atoms with E-state index in [-0.39, 0.29) is 5.91 Å². The van der Waals surface area contributed by atoms with Gasteiger partial charge in [0.1, 0.15) is 5.75 Å². The van der Waals surface area contributed by atoms with Crippen LogP contribution in [-0.4, -0.2) is 12.5 Å². The van der Waals surface area contributed by atoms with Gasteiger partial charge in [0.05, 0.1) is 13.0 Å². The molecule has 4 heteroatoms. The first-order chi connectivity index (χ1) is 10.5. The number of amides is 1. The van der Waals surface area contributed by atoms with Crippen molar-refractivity contribution in [1.29, 1.82) is 0 Å². The van der Waals surface area contributed by atoms with Crippen LogP contribution in [-0.2, 0) is 11.3 Å². The van der Waals surface area contributed by atoms with Crippen LogP contribution in [0.4, 0.5) is 0 Å². The van der Waals surface area contributed by atoms with Crippen LogP contribution in [0.1, 0.15) is 23.1 Å². The van der Waals surface area contributed by atoms with E-state index in [1.54, 1.807) is 0 Å². The lowest BCUT2D eigenvalue weighted by Crippen LogP contribution is -2.24. The van der Waals surface area contributed by atoms with Crippen molar-refractivity contribution >= 4 is 17.5 Å². The Hall–Kier alpha value is -2.00. The maximum absolute atomic E-state index is 11.8. The number of benzene rings is 2. The molecule has 2 aromatic carbocycles. The quantitative estimate of drug-likeness (QED) is 0.873. The molecule has 0 atom stereocenters. The molecule has 0 aliphatic heterocycles. The number of ether oxygens (including phenoxy) is 1. The maximum Gasteiger partial charge on any atom is 0.223 e. The lowest BCUT2D eigenvalue weighted by molar-refractivity contribution is -0.121. The van der Waals surface area contributed by atoms with Gasteiger partial charge in [0.25, 0.3) is 0 Å². The van der Waals surface area contributed by atoms with Crippen LogP contribution < -0.4 is 10.1 Å². The fraction of sp³-hybridized carbons (Fsp3) is 0.278. The van der Waals surface area contributed by atoms with Crippen molar-refractivity contribution in [3.8, 4) is 5.75 Å². The van der Waals surface area contributed by atoms with E-state index in [1.807, 2.05) is 56.3 Å². The summed E-state index contributed by atoms with van der Waals surface area (Å²) < 4.78 is 5.68. The highest BCUT2D eigenvalue weighted by Gasteiger charge is 2.04. The van der Waals surface area contributed by atoms with E-state index < -0.39 is 0 Å². The second kappa shape index (κ2) is 7.85. The minimum absolute atomic E-state index is 0.0368. The molecular weight excluding hydrogens is 298 g/mol. The van der Waals surface area contributed by atoms with Gasteiger partial charge in [-0.05, 0) is 48.7 Å². The van der Waals surface area contributed by atoms with E-state index in [0.717, 1.165) is 22.4 Å². The SMILES string of the molecule is Cc1ccc(C)c(OCCC(=O)NCc2cccc(Cl)c2)c1. The summed E-state index contributed by atoms with van der Waals surface area (Å²) >= 11 is 5.91. The largest absolute Gasteiger partial charge is 0.493 e. The number of hydrogen-bond acceptors (Lipinski definition) is 2. The first kappa shape index (κ1) is 16.4. The Bertz CT molecular complexity index is 655. The van der Waals surface area contributed by atoms with Gasteiger partial charge < -0.3 is 10.1 Å². The Kier molecular flexibility index (Phi) is 5.84. The molecule has 116 valence electrons. The monoisotopic (exact) mass is 317 g/mol. The molecule has 3 nitrogen and oxygen atoms in total. The van der Waals surface area contributed by atoms with Crippen LogP contribution in [0.2, 0.25) is 5.02 Å². The van der Waals surface area contributed by atoms with Crippen molar-refractivity contribution in [1.82, 2.24) is 5.32 Å². The molecule has 0 bridgehead atoms. The molecule has 1 N–H and O–H groups in total. The van der Waals surface area contributed by atoms with Crippen molar-refractivity contribution in [3.63, 3.8) is 0 Å². The predicted molar refractivity (Wildman–Crippen MR) is 89.3 cm³/mol. The molecule has 0 aromatic heterocycles. The van der Waals surface area contributed by atoms with Crippen molar-refractivity contribution in [3.05, 3.63) is 64.2 Å². The zero-order valence-electron chi connectivity index (χ0n) is 12.9. The summed E-state index contributed by atoms with van der Waals surface area (Å²) in [6, 6.07) is 13.5. The number of halogens is 1. The van der Waals surface area contributed by atoms with Gasteiger partial charge in [-0.1, -0.05) is 35.9 Å². The summed E-state index contributed by atoms with van der Waals surface area (Å²) in [5, 5.41) is 3.53. The van der Waals surface area contributed by atoms with E-state index in [9.17, 15) is 4.79 Å². The van der Waals surface area contributed by atoms with Gasteiger partial charge >= 0.3 is 0 Å². The highest BCUT2D eigenvalue weighted by molar-refractivity contribution is 6.30. The standard InChI is InChI=1S/C18H20ClNO2/c1-13-6-7-14(2)17(10-13)22-9-8-18(21)20-12-15-4-3-5-16(19)11-15/h3-7,10-11H,8-9,12H2,1-2H3,(H,20,21). The highest BCUT2D eigenvalue weighted by atomic mass is 35.5. The number of rotatable bonds is 6. The summed E-state index contributed by atoms with van der Waals surface area (Å²) in [6.45, 7) is 4.85. The molecule has 0 aliphatic rings. The molecule has 2 rings (SSSR count). The van der Waals surface area contributed by atoms with Gasteiger partial charge in [-0.3, -0.25) is 4.79 Å². The molecule has 0 fully saturated rings. The van der Waals surface area contributed by atoms with Crippen molar-refractivity contribution in [2.45, 2.75) is 26.8 Å². The van der Waals surface area contributed by atoms with Crippen LogP contribution in [0.15, 0.2) is 42.5 Å². The van der Waals surface area contributed by atoms with Gasteiger partial charge in [0.2, 0.25) is 5.91 Å². The summed E-state index contributed by atoms with van der Waals surface area (Å²) in [5.74, 6) is 0.799. The number of aryl methyl sites for hydroxylation is 2. The fourth-order valence-corrected chi connectivity index (χ4v) is 2.27. The van der Waals surface area contributed by atoms with Crippen LogP contribution in [0.3, 0.4) is 0 Å². The van der Waals surface area contributed by atoms with E-state index in [4.69, 9.17) is 16.3 Å². The smallest absolute Gasteiger partial charge is 0.223 e. The number of carbonyl (C=O) groups is 1. The van der Waals surface area contributed by atoms with Crippen molar-refractivity contribution < 1.29 is 9.53 Å². The molecule has 0 saturated heterocycles. The van der Waals surface area contributed by atoms with Crippen molar-refractivity contribution in [2.75, 3.05) is 6.61 Å². The normalized spacial score (nSPS) is 10.3. The van der Waals surface area contributed by atoms with Crippen molar-refractivity contribution in [2.24, 2.45) is 0 Å². The van der Waals surface area contributed by atoms with Crippen LogP contribution in [0.25, 0.3) is 0 Å². The number of nitrogens with one attached hydrogen (secondary N) is 1. The molecule has 0 radical (unpaired) electrons. The Labute approximate surface area is 136 Å². The summed E-state index contributed by atoms with van der Waals surface area (Å²) in [4.78, 5) is 11.8. The minimum Gasteiger partial charge on any atom is -0.493 e. The summed E-state index contributed by atoms with van der Waals surface area (Å²) in [5.41, 5.74) is 3.20. The van der Waals surface area contributed by atoms with Crippen LogP contribution in [0, 0.1) is 13.8 Å². The maximum atomic E-state index is 11.8. The van der Waals surface area contributed by atoms with E-state index in [1.165, 1.54) is 0 Å². The Morgan fingerprint density at radius 1 is 1.18 bits per heavy atom. The molecule has 0 spiro atoms. The molecular formula is C18H20ClNO2. The third-order valence-corrected chi connectivity index (χ3v) is 3.54. The first-order valence-corrected chi connectivity index (χ1v) is 7.63. The Morgan fingerprint density at radius 2 is 2.00 bits per heavy atom. The molecule has 1 amide bonds. The van der Waals surface area contributed by atoms with Gasteiger partial charge in [-0.25, -0.2) is 0 Å². The summed E-state index contributed by atoms with van der Waals surface area (Å²) in [7, 11) is 0. The van der Waals surface area contributed by atoms with Gasteiger partial charge in [-0.15, -0.1) is 0 Å². The third-order valence-electron chi connectivity index (χ3n) is 3.31. The minimum atomic E-state index is -0.0368. The average Bonchev–Trinajstić information content (AvgIpc) is 2.49. The number of hydrogen-bond donors (Lipinski definition) is 1. The van der Waals surface area contributed by atoms with Crippen LogP contribution >= 0.6 is 11.6 Å². The fourth-order valence-electron chi connectivity index (χ4n) is 2.05. The molecule has 0 saturated carbocycles. The Balaban J connectivity index is 1.75. The highest BCUT2D eigenvalue weighted by Crippen LogP contribution is 2.19. The second-order valence-corrected chi connectivity index (χ2v) is 5.71. The predicted octanol–water partition coefficient (Wildman–Crippen LogP) is 4.04. The number of carbonyl (C=O) groups excluding carboxylic acids is 1. The average molecular weight is 318 g/mol.